The summed E-state index contributed by atoms with van der Waals surface area (Å²) in [4.78, 5) is 42.9. The number of hydrogen-bond donors (Lipinski definition) is 3. The number of urea groups is 1. The van der Waals surface area contributed by atoms with Gasteiger partial charge >= 0.3 is 12.0 Å². The monoisotopic (exact) mass is 414 g/mol. The van der Waals surface area contributed by atoms with Crippen molar-refractivity contribution < 1.29 is 14.3 Å². The predicted octanol–water partition coefficient (Wildman–Crippen LogP) is 2.98. The van der Waals surface area contributed by atoms with Gasteiger partial charge in [-0.25, -0.2) is 9.78 Å². The van der Waals surface area contributed by atoms with Gasteiger partial charge in [-0.05, 0) is 36.8 Å². The van der Waals surface area contributed by atoms with Gasteiger partial charge in [0, 0.05) is 5.02 Å². The van der Waals surface area contributed by atoms with Crippen molar-refractivity contribution in [2.75, 3.05) is 0 Å². The van der Waals surface area contributed by atoms with Crippen LogP contribution in [-0.2, 0) is 9.53 Å². The molecule has 0 saturated heterocycles. The van der Waals surface area contributed by atoms with E-state index in [2.05, 4.69) is 15.3 Å². The van der Waals surface area contributed by atoms with Crippen molar-refractivity contribution in [1.82, 2.24) is 15.3 Å². The molecule has 0 aliphatic rings. The van der Waals surface area contributed by atoms with Crippen LogP contribution in [0.1, 0.15) is 36.9 Å². The fraction of sp³-hybridized carbons (Fsp3) is 0.200. The number of H-pyrrole nitrogens is 1. The molecule has 8 nitrogen and oxygen atoms in total. The summed E-state index contributed by atoms with van der Waals surface area (Å²) in [6.45, 7) is 1.60. The Hall–Kier alpha value is -3.39. The molecule has 0 bridgehead atoms. The number of nitrogens with zero attached hydrogens (tertiary/aromatic N) is 1. The number of para-hydroxylation sites is 1. The Bertz CT molecular complexity index is 1100. The molecule has 0 spiro atoms. The number of fused-ring (bicyclic) bond motifs is 1. The zero-order valence-electron chi connectivity index (χ0n) is 15.5. The molecule has 1 heterocycles. The van der Waals surface area contributed by atoms with Gasteiger partial charge in [-0.15, -0.1) is 0 Å². The number of benzene rings is 2. The molecule has 3 aromatic rings. The third-order valence-corrected chi connectivity index (χ3v) is 4.54. The molecule has 9 heteroatoms. The molecule has 0 aliphatic carbocycles. The molecule has 2 amide bonds. The van der Waals surface area contributed by atoms with E-state index in [4.69, 9.17) is 22.1 Å². The minimum atomic E-state index is -0.792. The minimum Gasteiger partial charge on any atom is -0.454 e. The van der Waals surface area contributed by atoms with Gasteiger partial charge in [-0.3, -0.25) is 9.59 Å². The Kier molecular flexibility index (Phi) is 6.13. The number of halogens is 1. The van der Waals surface area contributed by atoms with Crippen LogP contribution in [0.4, 0.5) is 4.79 Å². The van der Waals surface area contributed by atoms with Crippen LogP contribution >= 0.6 is 11.6 Å². The second-order valence-corrected chi connectivity index (χ2v) is 6.85. The maximum absolute atomic E-state index is 12.4. The van der Waals surface area contributed by atoms with E-state index in [1.807, 2.05) is 0 Å². The number of rotatable bonds is 6. The first kappa shape index (κ1) is 20.3. The van der Waals surface area contributed by atoms with E-state index in [0.717, 1.165) is 0 Å². The number of amides is 2. The summed E-state index contributed by atoms with van der Waals surface area (Å²) in [5.41, 5.74) is 6.05. The number of aromatic nitrogens is 2. The number of ether oxygens (including phenoxy) is 1. The van der Waals surface area contributed by atoms with Crippen molar-refractivity contribution in [1.29, 1.82) is 0 Å². The summed E-state index contributed by atoms with van der Waals surface area (Å²) in [6.07, 6.45) is -0.952. The number of nitrogens with two attached hydrogens (primary N) is 1. The number of carbonyl (C=O) groups is 2. The Balaban J connectivity index is 1.74. The predicted molar refractivity (Wildman–Crippen MR) is 108 cm³/mol. The average Bonchev–Trinajstić information content (AvgIpc) is 2.67. The van der Waals surface area contributed by atoms with Crippen molar-refractivity contribution in [2.24, 2.45) is 5.73 Å². The SMILES string of the molecule is C[C@H](OC(=O)C[C@@H](NC(N)=O)c1ccc(Cl)cc1)c1nc2ccccc2c(=O)[nH]1. The van der Waals surface area contributed by atoms with E-state index < -0.39 is 24.1 Å². The van der Waals surface area contributed by atoms with Crippen LogP contribution < -0.4 is 16.6 Å². The molecule has 0 aliphatic heterocycles. The lowest BCUT2D eigenvalue weighted by molar-refractivity contribution is -0.149. The highest BCUT2D eigenvalue weighted by molar-refractivity contribution is 6.30. The summed E-state index contributed by atoms with van der Waals surface area (Å²) in [5.74, 6) is -0.366. The molecule has 2 atom stereocenters. The molecule has 0 saturated carbocycles. The first-order valence-corrected chi connectivity index (χ1v) is 9.21. The third-order valence-electron chi connectivity index (χ3n) is 4.28. The molecule has 150 valence electrons. The number of aromatic amines is 1. The van der Waals surface area contributed by atoms with E-state index in [0.29, 0.717) is 21.5 Å². The van der Waals surface area contributed by atoms with Crippen molar-refractivity contribution >= 4 is 34.5 Å². The molecular weight excluding hydrogens is 396 g/mol. The van der Waals surface area contributed by atoms with Gasteiger partial charge in [0.15, 0.2) is 11.9 Å². The molecule has 0 fully saturated rings. The van der Waals surface area contributed by atoms with Crippen LogP contribution in [0.5, 0.6) is 0 Å². The van der Waals surface area contributed by atoms with Crippen LogP contribution in [-0.4, -0.2) is 22.0 Å². The summed E-state index contributed by atoms with van der Waals surface area (Å²) < 4.78 is 5.41. The Morgan fingerprint density at radius 2 is 1.90 bits per heavy atom. The smallest absolute Gasteiger partial charge is 0.312 e. The maximum atomic E-state index is 12.4. The second kappa shape index (κ2) is 8.74. The van der Waals surface area contributed by atoms with Crippen LogP contribution in [0.15, 0.2) is 53.3 Å². The number of hydrogen-bond acceptors (Lipinski definition) is 5. The topological polar surface area (TPSA) is 127 Å². The third kappa shape index (κ3) is 5.11. The van der Waals surface area contributed by atoms with E-state index in [1.54, 1.807) is 55.5 Å². The van der Waals surface area contributed by atoms with E-state index in [-0.39, 0.29) is 17.8 Å². The van der Waals surface area contributed by atoms with Gasteiger partial charge in [0.05, 0.1) is 23.4 Å². The largest absolute Gasteiger partial charge is 0.454 e. The molecule has 0 radical (unpaired) electrons. The molecule has 2 aromatic carbocycles. The standard InChI is InChI=1S/C20H19ClN4O4/c1-11(18-23-15-5-3-2-4-14(15)19(27)25-18)29-17(26)10-16(24-20(22)28)12-6-8-13(21)9-7-12/h2-9,11,16H,10H2,1H3,(H3,22,24,28)(H,23,25,27)/t11-,16+/m0/s1. The summed E-state index contributed by atoms with van der Waals surface area (Å²) >= 11 is 5.88. The zero-order valence-corrected chi connectivity index (χ0v) is 16.3. The van der Waals surface area contributed by atoms with E-state index >= 15 is 0 Å². The van der Waals surface area contributed by atoms with Gasteiger partial charge in [0.1, 0.15) is 0 Å². The van der Waals surface area contributed by atoms with Crippen molar-refractivity contribution in [3.05, 3.63) is 75.3 Å². The highest BCUT2D eigenvalue weighted by atomic mass is 35.5. The average molecular weight is 415 g/mol. The summed E-state index contributed by atoms with van der Waals surface area (Å²) in [6, 6.07) is 12.1. The number of esters is 1. The molecule has 1 aromatic heterocycles. The summed E-state index contributed by atoms with van der Waals surface area (Å²) in [7, 11) is 0. The Labute approximate surface area is 171 Å². The minimum absolute atomic E-state index is 0.160. The van der Waals surface area contributed by atoms with Gasteiger partial charge in [-0.1, -0.05) is 35.9 Å². The normalized spacial score (nSPS) is 12.9. The van der Waals surface area contributed by atoms with Crippen LogP contribution in [0.25, 0.3) is 10.9 Å². The van der Waals surface area contributed by atoms with Gasteiger partial charge < -0.3 is 20.8 Å². The van der Waals surface area contributed by atoms with Crippen molar-refractivity contribution in [3.8, 4) is 0 Å². The fourth-order valence-corrected chi connectivity index (χ4v) is 3.01. The lowest BCUT2D eigenvalue weighted by Crippen LogP contribution is -2.34. The maximum Gasteiger partial charge on any atom is 0.312 e. The quantitative estimate of drug-likeness (QED) is 0.534. The second-order valence-electron chi connectivity index (χ2n) is 6.42. The highest BCUT2D eigenvalue weighted by Crippen LogP contribution is 2.22. The van der Waals surface area contributed by atoms with Gasteiger partial charge in [0.2, 0.25) is 0 Å². The number of nitrogens with one attached hydrogen (secondary N) is 2. The Morgan fingerprint density at radius 3 is 2.59 bits per heavy atom. The van der Waals surface area contributed by atoms with Gasteiger partial charge in [0.25, 0.3) is 5.56 Å². The molecule has 29 heavy (non-hydrogen) atoms. The number of primary amides is 1. The Morgan fingerprint density at radius 1 is 1.21 bits per heavy atom. The van der Waals surface area contributed by atoms with E-state index in [9.17, 15) is 14.4 Å². The van der Waals surface area contributed by atoms with Crippen molar-refractivity contribution in [2.45, 2.75) is 25.5 Å². The van der Waals surface area contributed by atoms with Gasteiger partial charge in [-0.2, -0.15) is 0 Å². The highest BCUT2D eigenvalue weighted by Gasteiger charge is 2.21. The zero-order chi connectivity index (χ0) is 21.0. The van der Waals surface area contributed by atoms with Crippen molar-refractivity contribution in [3.63, 3.8) is 0 Å². The molecule has 3 rings (SSSR count). The van der Waals surface area contributed by atoms with Crippen LogP contribution in [0, 0.1) is 0 Å². The molecule has 0 unspecified atom stereocenters. The summed E-state index contributed by atoms with van der Waals surface area (Å²) in [5, 5.41) is 3.48. The molecule has 4 N–H and O–H groups in total. The van der Waals surface area contributed by atoms with E-state index in [1.165, 1.54) is 0 Å². The lowest BCUT2D eigenvalue weighted by atomic mass is 10.0. The molecular formula is C20H19ClN4O4. The fourth-order valence-electron chi connectivity index (χ4n) is 2.88. The van der Waals surface area contributed by atoms with Crippen LogP contribution in [0.2, 0.25) is 5.02 Å². The van der Waals surface area contributed by atoms with Crippen LogP contribution in [0.3, 0.4) is 0 Å². The lowest BCUT2D eigenvalue weighted by Gasteiger charge is -2.19. The first-order valence-electron chi connectivity index (χ1n) is 8.83. The number of carbonyl (C=O) groups excluding carboxylic acids is 2. The first-order chi connectivity index (χ1) is 13.8.